The van der Waals surface area contributed by atoms with E-state index in [2.05, 4.69) is 25.8 Å². The van der Waals surface area contributed by atoms with E-state index in [-0.39, 0.29) is 0 Å². The van der Waals surface area contributed by atoms with Crippen molar-refractivity contribution in [3.63, 3.8) is 0 Å². The van der Waals surface area contributed by atoms with Crippen molar-refractivity contribution in [2.24, 2.45) is 0 Å². The molecule has 3 nitrogen and oxygen atoms in total. The van der Waals surface area contributed by atoms with Gasteiger partial charge in [-0.1, -0.05) is 18.2 Å². The van der Waals surface area contributed by atoms with E-state index in [9.17, 15) is 0 Å². The van der Waals surface area contributed by atoms with E-state index in [4.69, 9.17) is 5.41 Å². The van der Waals surface area contributed by atoms with Crippen LogP contribution in [0.15, 0.2) is 34.8 Å². The second kappa shape index (κ2) is 4.69. The average molecular weight is 304 g/mol. The van der Waals surface area contributed by atoms with Crippen LogP contribution in [-0.2, 0) is 0 Å². The van der Waals surface area contributed by atoms with Gasteiger partial charge in [-0.25, -0.2) is 4.98 Å². The number of para-hydroxylation sites is 1. The van der Waals surface area contributed by atoms with E-state index < -0.39 is 0 Å². The fourth-order valence-electron chi connectivity index (χ4n) is 2.35. The van der Waals surface area contributed by atoms with Gasteiger partial charge in [0.15, 0.2) is 0 Å². The molecule has 4 heteroatoms. The highest BCUT2D eigenvalue weighted by molar-refractivity contribution is 9.10. The number of aromatic nitrogens is 1. The summed E-state index contributed by atoms with van der Waals surface area (Å²) in [5, 5.41) is 9.38. The molecular formula is C14H14BrN3. The Morgan fingerprint density at radius 3 is 2.72 bits per heavy atom. The topological polar surface area (TPSA) is 40.0 Å². The highest BCUT2D eigenvalue weighted by Crippen LogP contribution is 2.23. The predicted octanol–water partition coefficient (Wildman–Crippen LogP) is 3.42. The zero-order chi connectivity index (χ0) is 12.5. The Bertz CT molecular complexity index is 603. The first kappa shape index (κ1) is 11.7. The molecule has 2 heterocycles. The summed E-state index contributed by atoms with van der Waals surface area (Å²) in [7, 11) is 0. The Labute approximate surface area is 114 Å². The largest absolute Gasteiger partial charge is 0.355 e. The number of fused-ring (bicyclic) bond motifs is 1. The maximum atomic E-state index is 8.28. The molecule has 1 aromatic carbocycles. The van der Waals surface area contributed by atoms with Gasteiger partial charge < -0.3 is 4.90 Å². The molecule has 0 spiro atoms. The number of nitrogens with one attached hydrogen (secondary N) is 1. The van der Waals surface area contributed by atoms with Gasteiger partial charge in [0.25, 0.3) is 0 Å². The minimum Gasteiger partial charge on any atom is -0.355 e. The highest BCUT2D eigenvalue weighted by atomic mass is 79.9. The number of hydrogen-bond acceptors (Lipinski definition) is 2. The minimum absolute atomic E-state index is 0.533. The van der Waals surface area contributed by atoms with Gasteiger partial charge in [0, 0.05) is 22.9 Å². The monoisotopic (exact) mass is 303 g/mol. The summed E-state index contributed by atoms with van der Waals surface area (Å²) in [5.74, 6) is 0.533. The first-order valence-corrected chi connectivity index (χ1v) is 6.94. The molecule has 0 atom stereocenters. The molecule has 1 aromatic heterocycles. The lowest BCUT2D eigenvalue weighted by Crippen LogP contribution is -2.28. The second-order valence-electron chi connectivity index (χ2n) is 4.55. The van der Waals surface area contributed by atoms with E-state index in [1.54, 1.807) is 0 Å². The van der Waals surface area contributed by atoms with Crippen molar-refractivity contribution in [2.75, 3.05) is 13.1 Å². The molecule has 92 valence electrons. The highest BCUT2D eigenvalue weighted by Gasteiger charge is 2.19. The van der Waals surface area contributed by atoms with Gasteiger partial charge in [-0.15, -0.1) is 0 Å². The van der Waals surface area contributed by atoms with Crippen molar-refractivity contribution in [2.45, 2.75) is 12.8 Å². The van der Waals surface area contributed by atoms with Crippen LogP contribution < -0.4 is 0 Å². The summed E-state index contributed by atoms with van der Waals surface area (Å²) >= 11 is 3.54. The number of halogens is 1. The third kappa shape index (κ3) is 2.01. The van der Waals surface area contributed by atoms with E-state index >= 15 is 0 Å². The molecule has 0 aliphatic carbocycles. The van der Waals surface area contributed by atoms with Gasteiger partial charge in [-0.3, -0.25) is 5.41 Å². The maximum Gasteiger partial charge on any atom is 0.148 e. The number of pyridine rings is 1. The van der Waals surface area contributed by atoms with Crippen molar-refractivity contribution in [1.82, 2.24) is 9.88 Å². The van der Waals surface area contributed by atoms with Gasteiger partial charge in [-0.05, 0) is 40.9 Å². The van der Waals surface area contributed by atoms with Crippen LogP contribution in [0.5, 0.6) is 0 Å². The van der Waals surface area contributed by atoms with Crippen molar-refractivity contribution in [3.8, 4) is 0 Å². The smallest absolute Gasteiger partial charge is 0.148 e. The SMILES string of the molecule is N=C(c1nc2ccccc2cc1Br)N1CCCC1. The molecule has 18 heavy (non-hydrogen) atoms. The minimum atomic E-state index is 0.533. The van der Waals surface area contributed by atoms with Gasteiger partial charge >= 0.3 is 0 Å². The normalized spacial score (nSPS) is 15.3. The molecule has 2 aromatic rings. The van der Waals surface area contributed by atoms with Crippen molar-refractivity contribution in [1.29, 1.82) is 5.41 Å². The maximum absolute atomic E-state index is 8.28. The molecule has 0 saturated carbocycles. The Hall–Kier alpha value is -1.42. The second-order valence-corrected chi connectivity index (χ2v) is 5.41. The summed E-state index contributed by atoms with van der Waals surface area (Å²) in [6, 6.07) is 10.1. The number of likely N-dealkylation sites (tertiary alicyclic amines) is 1. The third-order valence-electron chi connectivity index (χ3n) is 3.32. The number of nitrogens with zero attached hydrogens (tertiary/aromatic N) is 2. The average Bonchev–Trinajstić information content (AvgIpc) is 2.91. The number of benzene rings is 1. The summed E-state index contributed by atoms with van der Waals surface area (Å²) in [6.45, 7) is 1.94. The lowest BCUT2D eigenvalue weighted by molar-refractivity contribution is 0.515. The molecule has 1 aliphatic heterocycles. The number of hydrogen-bond donors (Lipinski definition) is 1. The van der Waals surface area contributed by atoms with Crippen molar-refractivity contribution < 1.29 is 0 Å². The Balaban J connectivity index is 2.05. The molecule has 0 bridgehead atoms. The van der Waals surface area contributed by atoms with Crippen LogP contribution in [0.3, 0.4) is 0 Å². The fraction of sp³-hybridized carbons (Fsp3) is 0.286. The van der Waals surface area contributed by atoms with Gasteiger partial charge in [-0.2, -0.15) is 0 Å². The zero-order valence-electron chi connectivity index (χ0n) is 9.99. The molecule has 1 aliphatic rings. The van der Waals surface area contributed by atoms with Crippen molar-refractivity contribution in [3.05, 3.63) is 40.5 Å². The first-order chi connectivity index (χ1) is 8.75. The van der Waals surface area contributed by atoms with E-state index in [0.29, 0.717) is 5.84 Å². The van der Waals surface area contributed by atoms with Gasteiger partial charge in [0.2, 0.25) is 0 Å². The molecule has 1 fully saturated rings. The molecule has 1 N–H and O–H groups in total. The Morgan fingerprint density at radius 2 is 1.94 bits per heavy atom. The van der Waals surface area contributed by atoms with E-state index in [1.165, 1.54) is 12.8 Å². The lowest BCUT2D eigenvalue weighted by atomic mass is 10.2. The molecular weight excluding hydrogens is 290 g/mol. The molecule has 0 amide bonds. The van der Waals surface area contributed by atoms with Gasteiger partial charge in [0.1, 0.15) is 11.5 Å². The van der Waals surface area contributed by atoms with Gasteiger partial charge in [0.05, 0.1) is 5.52 Å². The van der Waals surface area contributed by atoms with E-state index in [0.717, 1.165) is 34.2 Å². The lowest BCUT2D eigenvalue weighted by Gasteiger charge is -2.18. The van der Waals surface area contributed by atoms with Crippen LogP contribution >= 0.6 is 15.9 Å². The Morgan fingerprint density at radius 1 is 1.22 bits per heavy atom. The number of amidine groups is 1. The molecule has 1 saturated heterocycles. The molecule has 0 radical (unpaired) electrons. The quantitative estimate of drug-likeness (QED) is 0.648. The molecule has 0 unspecified atom stereocenters. The summed E-state index contributed by atoms with van der Waals surface area (Å²) in [5.41, 5.74) is 1.69. The van der Waals surface area contributed by atoms with E-state index in [1.807, 2.05) is 30.3 Å². The summed E-state index contributed by atoms with van der Waals surface area (Å²) < 4.78 is 0.901. The van der Waals surface area contributed by atoms with Crippen LogP contribution in [0.1, 0.15) is 18.5 Å². The standard InChI is InChI=1S/C14H14BrN3/c15-11-9-10-5-1-2-6-12(10)17-13(11)14(16)18-7-3-4-8-18/h1-2,5-6,9,16H,3-4,7-8H2. The van der Waals surface area contributed by atoms with Crippen LogP contribution in [0.2, 0.25) is 0 Å². The predicted molar refractivity (Wildman–Crippen MR) is 77.1 cm³/mol. The van der Waals surface area contributed by atoms with Crippen LogP contribution in [0.25, 0.3) is 10.9 Å². The number of rotatable bonds is 1. The summed E-state index contributed by atoms with van der Waals surface area (Å²) in [6.07, 6.45) is 2.35. The fourth-order valence-corrected chi connectivity index (χ4v) is 2.87. The summed E-state index contributed by atoms with van der Waals surface area (Å²) in [4.78, 5) is 6.71. The van der Waals surface area contributed by atoms with Crippen LogP contribution in [0, 0.1) is 5.41 Å². The Kier molecular flexibility index (Phi) is 3.04. The molecule has 3 rings (SSSR count). The first-order valence-electron chi connectivity index (χ1n) is 6.15. The third-order valence-corrected chi connectivity index (χ3v) is 3.93. The van der Waals surface area contributed by atoms with Crippen molar-refractivity contribution >= 4 is 32.7 Å². The van der Waals surface area contributed by atoms with Crippen LogP contribution in [0.4, 0.5) is 0 Å². The van der Waals surface area contributed by atoms with Crippen LogP contribution in [-0.4, -0.2) is 28.8 Å². The zero-order valence-corrected chi connectivity index (χ0v) is 11.6.